The van der Waals surface area contributed by atoms with Crippen LogP contribution in [0.2, 0.25) is 0 Å². The lowest BCUT2D eigenvalue weighted by atomic mass is 10.1. The molecule has 0 aliphatic heterocycles. The smallest absolute Gasteiger partial charge is 0.0825 e. The van der Waals surface area contributed by atoms with Crippen LogP contribution in [0.1, 0.15) is 36.6 Å². The molecule has 13 heavy (non-hydrogen) atoms. The number of aliphatic hydroxyl groups is 1. The Morgan fingerprint density at radius 1 is 1.69 bits per heavy atom. The average molecular weight is 180 g/mol. The zero-order valence-corrected chi connectivity index (χ0v) is 8.20. The molecule has 0 bridgehead atoms. The minimum Gasteiger partial charge on any atom is -0.388 e. The van der Waals surface area contributed by atoms with Gasteiger partial charge in [0, 0.05) is 18.3 Å². The molecule has 1 aromatic rings. The van der Waals surface area contributed by atoms with Crippen molar-refractivity contribution >= 4 is 0 Å². The highest BCUT2D eigenvalue weighted by Gasteiger charge is 2.26. The molecule has 1 heterocycles. The van der Waals surface area contributed by atoms with Crippen molar-refractivity contribution in [2.45, 2.75) is 32.3 Å². The number of aliphatic hydroxyl groups excluding tert-OH is 1. The van der Waals surface area contributed by atoms with Crippen molar-refractivity contribution in [2.75, 3.05) is 0 Å². The summed E-state index contributed by atoms with van der Waals surface area (Å²) in [5.41, 5.74) is 2.07. The van der Waals surface area contributed by atoms with Crippen LogP contribution in [0.4, 0.5) is 0 Å². The van der Waals surface area contributed by atoms with E-state index in [1.165, 1.54) is 12.8 Å². The van der Waals surface area contributed by atoms with Gasteiger partial charge in [0.15, 0.2) is 0 Å². The predicted molar refractivity (Wildman–Crippen MR) is 50.2 cm³/mol. The number of hydrogen-bond acceptors (Lipinski definition) is 2. The van der Waals surface area contributed by atoms with E-state index < -0.39 is 0 Å². The van der Waals surface area contributed by atoms with Crippen LogP contribution in [0.3, 0.4) is 0 Å². The van der Waals surface area contributed by atoms with Crippen LogP contribution in [0.5, 0.6) is 0 Å². The van der Waals surface area contributed by atoms with Gasteiger partial charge in [-0.05, 0) is 19.3 Å². The topological polar surface area (TPSA) is 38.1 Å². The standard InChI is InChI=1S/C10H16N2O/c1-7-9(6-11-12(7)2)10(13)5-8-3-4-8/h6,8,10,13H,3-5H2,1-2H3. The van der Waals surface area contributed by atoms with Gasteiger partial charge in [0.05, 0.1) is 12.3 Å². The van der Waals surface area contributed by atoms with Crippen LogP contribution in [-0.2, 0) is 7.05 Å². The van der Waals surface area contributed by atoms with Gasteiger partial charge in [-0.1, -0.05) is 12.8 Å². The SMILES string of the molecule is Cc1c(C(O)CC2CC2)cnn1C. The summed E-state index contributed by atoms with van der Waals surface area (Å²) in [5.74, 6) is 0.759. The van der Waals surface area contributed by atoms with Crippen molar-refractivity contribution in [3.8, 4) is 0 Å². The molecule has 0 amide bonds. The van der Waals surface area contributed by atoms with E-state index in [0.29, 0.717) is 0 Å². The van der Waals surface area contributed by atoms with Crippen LogP contribution in [0, 0.1) is 12.8 Å². The van der Waals surface area contributed by atoms with Gasteiger partial charge >= 0.3 is 0 Å². The summed E-state index contributed by atoms with van der Waals surface area (Å²) in [5, 5.41) is 14.0. The summed E-state index contributed by atoms with van der Waals surface area (Å²) in [4.78, 5) is 0. The molecule has 1 atom stereocenters. The number of hydrogen-bond donors (Lipinski definition) is 1. The third-order valence-electron chi connectivity index (χ3n) is 2.89. The maximum absolute atomic E-state index is 9.87. The lowest BCUT2D eigenvalue weighted by Crippen LogP contribution is -2.01. The van der Waals surface area contributed by atoms with E-state index in [9.17, 15) is 5.11 Å². The Labute approximate surface area is 78.4 Å². The summed E-state index contributed by atoms with van der Waals surface area (Å²) < 4.78 is 1.81. The first-order chi connectivity index (χ1) is 6.18. The van der Waals surface area contributed by atoms with Crippen LogP contribution >= 0.6 is 0 Å². The van der Waals surface area contributed by atoms with Crippen molar-refractivity contribution in [3.05, 3.63) is 17.5 Å². The summed E-state index contributed by atoms with van der Waals surface area (Å²) in [6, 6.07) is 0. The van der Waals surface area contributed by atoms with Gasteiger partial charge < -0.3 is 5.11 Å². The summed E-state index contributed by atoms with van der Waals surface area (Å²) >= 11 is 0. The number of rotatable bonds is 3. The van der Waals surface area contributed by atoms with Gasteiger partial charge in [0.2, 0.25) is 0 Å². The molecule has 1 fully saturated rings. The maximum atomic E-state index is 9.87. The third kappa shape index (κ3) is 1.75. The van der Waals surface area contributed by atoms with Crippen LogP contribution in [-0.4, -0.2) is 14.9 Å². The second kappa shape index (κ2) is 3.14. The molecule has 72 valence electrons. The van der Waals surface area contributed by atoms with Gasteiger partial charge in [-0.3, -0.25) is 4.68 Å². The minimum absolute atomic E-state index is 0.304. The van der Waals surface area contributed by atoms with Gasteiger partial charge in [-0.25, -0.2) is 0 Å². The molecule has 2 rings (SSSR count). The molecule has 1 unspecified atom stereocenters. The number of aromatic nitrogens is 2. The fourth-order valence-corrected chi connectivity index (χ4v) is 1.64. The Hall–Kier alpha value is -0.830. The van der Waals surface area contributed by atoms with Crippen LogP contribution in [0.15, 0.2) is 6.20 Å². The lowest BCUT2D eigenvalue weighted by Gasteiger charge is -2.08. The van der Waals surface area contributed by atoms with Gasteiger partial charge in [-0.2, -0.15) is 5.10 Å². The first-order valence-electron chi connectivity index (χ1n) is 4.85. The monoisotopic (exact) mass is 180 g/mol. The third-order valence-corrected chi connectivity index (χ3v) is 2.89. The fourth-order valence-electron chi connectivity index (χ4n) is 1.64. The second-order valence-electron chi connectivity index (χ2n) is 4.00. The summed E-state index contributed by atoms with van der Waals surface area (Å²) in [6.45, 7) is 2.00. The van der Waals surface area contributed by atoms with E-state index >= 15 is 0 Å². The fraction of sp³-hybridized carbons (Fsp3) is 0.700. The normalized spacial score (nSPS) is 19.0. The van der Waals surface area contributed by atoms with Crippen molar-refractivity contribution < 1.29 is 5.11 Å². The molecular weight excluding hydrogens is 164 g/mol. The van der Waals surface area contributed by atoms with Crippen LogP contribution in [0.25, 0.3) is 0 Å². The van der Waals surface area contributed by atoms with Gasteiger partial charge in [0.1, 0.15) is 0 Å². The zero-order valence-electron chi connectivity index (χ0n) is 8.20. The quantitative estimate of drug-likeness (QED) is 0.766. The maximum Gasteiger partial charge on any atom is 0.0825 e. The van der Waals surface area contributed by atoms with E-state index in [-0.39, 0.29) is 6.10 Å². The van der Waals surface area contributed by atoms with Gasteiger partial charge in [0.25, 0.3) is 0 Å². The van der Waals surface area contributed by atoms with Crippen molar-refractivity contribution in [1.82, 2.24) is 9.78 Å². The summed E-state index contributed by atoms with van der Waals surface area (Å²) in [7, 11) is 1.91. The molecular formula is C10H16N2O. The average Bonchev–Trinajstić information content (AvgIpc) is 2.82. The molecule has 1 saturated carbocycles. The molecule has 0 radical (unpaired) electrons. The van der Waals surface area contributed by atoms with Crippen molar-refractivity contribution in [3.63, 3.8) is 0 Å². The molecule has 3 heteroatoms. The molecule has 0 aromatic carbocycles. The Balaban J connectivity index is 2.09. The molecule has 0 saturated heterocycles. The highest BCUT2D eigenvalue weighted by Crippen LogP contribution is 2.37. The van der Waals surface area contributed by atoms with E-state index in [0.717, 1.165) is 23.6 Å². The predicted octanol–water partition coefficient (Wildman–Crippen LogP) is 1.56. The van der Waals surface area contributed by atoms with Crippen LogP contribution < -0.4 is 0 Å². The highest BCUT2D eigenvalue weighted by atomic mass is 16.3. The largest absolute Gasteiger partial charge is 0.388 e. The van der Waals surface area contributed by atoms with E-state index in [2.05, 4.69) is 5.10 Å². The molecule has 1 aliphatic carbocycles. The molecule has 3 nitrogen and oxygen atoms in total. The molecule has 1 aromatic heterocycles. The lowest BCUT2D eigenvalue weighted by molar-refractivity contribution is 0.159. The Kier molecular flexibility index (Phi) is 2.12. The number of aryl methyl sites for hydroxylation is 1. The first-order valence-corrected chi connectivity index (χ1v) is 4.85. The molecule has 1 aliphatic rings. The Morgan fingerprint density at radius 2 is 2.38 bits per heavy atom. The minimum atomic E-state index is -0.304. The second-order valence-corrected chi connectivity index (χ2v) is 4.00. The molecule has 1 N–H and O–H groups in total. The highest BCUT2D eigenvalue weighted by molar-refractivity contribution is 5.18. The van der Waals surface area contributed by atoms with Gasteiger partial charge in [-0.15, -0.1) is 0 Å². The number of nitrogens with zero attached hydrogens (tertiary/aromatic N) is 2. The van der Waals surface area contributed by atoms with Crippen molar-refractivity contribution in [2.24, 2.45) is 13.0 Å². The van der Waals surface area contributed by atoms with Crippen molar-refractivity contribution in [1.29, 1.82) is 0 Å². The molecule has 0 spiro atoms. The van der Waals surface area contributed by atoms with E-state index in [1.54, 1.807) is 6.20 Å². The van der Waals surface area contributed by atoms with E-state index in [1.807, 2.05) is 18.7 Å². The Bertz CT molecular complexity index is 302. The summed E-state index contributed by atoms with van der Waals surface area (Å²) in [6.07, 6.45) is 4.96. The Morgan fingerprint density at radius 3 is 2.85 bits per heavy atom. The van der Waals surface area contributed by atoms with E-state index in [4.69, 9.17) is 0 Å². The first kappa shape index (κ1) is 8.75. The zero-order chi connectivity index (χ0) is 9.42.